The number of anilines is 1. The van der Waals surface area contributed by atoms with Gasteiger partial charge in [0.25, 0.3) is 0 Å². The van der Waals surface area contributed by atoms with Gasteiger partial charge in [-0.25, -0.2) is 13.6 Å². The van der Waals surface area contributed by atoms with Gasteiger partial charge in [-0.15, -0.1) is 0 Å². The minimum atomic E-state index is -0.635. The van der Waals surface area contributed by atoms with Gasteiger partial charge in [0, 0.05) is 13.1 Å². The molecule has 23 heavy (non-hydrogen) atoms. The predicted octanol–water partition coefficient (Wildman–Crippen LogP) is 4.17. The lowest BCUT2D eigenvalue weighted by Gasteiger charge is -2.37. The lowest BCUT2D eigenvalue weighted by atomic mass is 10.0. The largest absolute Gasteiger partial charge is 0.444 e. The molecule has 0 bridgehead atoms. The second-order valence-electron chi connectivity index (χ2n) is 6.80. The molecule has 2 rings (SSSR count). The fraction of sp³-hybridized carbons (Fsp3) is 0.588. The van der Waals surface area contributed by atoms with Gasteiger partial charge in [-0.1, -0.05) is 6.07 Å². The standard InChI is InChI=1S/C17H24F2N2O2/c1-17(2,3)23-16(22)21-10-5-4-7-12(21)11-20-15-13(18)8-6-9-14(15)19/h6,8-9,12,20H,4-5,7,10-11H2,1-3H3. The summed E-state index contributed by atoms with van der Waals surface area (Å²) in [7, 11) is 0. The van der Waals surface area contributed by atoms with Crippen LogP contribution in [0.15, 0.2) is 18.2 Å². The molecule has 1 saturated heterocycles. The average molecular weight is 326 g/mol. The Labute approximate surface area is 135 Å². The predicted molar refractivity (Wildman–Crippen MR) is 85.4 cm³/mol. The van der Waals surface area contributed by atoms with Crippen molar-refractivity contribution >= 4 is 11.8 Å². The molecule has 1 unspecified atom stereocenters. The van der Waals surface area contributed by atoms with Gasteiger partial charge in [-0.05, 0) is 52.2 Å². The van der Waals surface area contributed by atoms with Crippen molar-refractivity contribution in [2.45, 2.75) is 51.7 Å². The Balaban J connectivity index is 2.03. The van der Waals surface area contributed by atoms with E-state index < -0.39 is 17.2 Å². The Morgan fingerprint density at radius 2 is 1.96 bits per heavy atom. The molecule has 0 spiro atoms. The number of ether oxygens (including phenoxy) is 1. The highest BCUT2D eigenvalue weighted by molar-refractivity contribution is 5.68. The topological polar surface area (TPSA) is 41.6 Å². The summed E-state index contributed by atoms with van der Waals surface area (Å²) >= 11 is 0. The van der Waals surface area contributed by atoms with Crippen molar-refractivity contribution in [2.24, 2.45) is 0 Å². The summed E-state index contributed by atoms with van der Waals surface area (Å²) in [5.74, 6) is -1.27. The van der Waals surface area contributed by atoms with Gasteiger partial charge in [-0.2, -0.15) is 0 Å². The number of hydrogen-bond donors (Lipinski definition) is 1. The number of nitrogens with one attached hydrogen (secondary N) is 1. The quantitative estimate of drug-likeness (QED) is 0.906. The number of carbonyl (C=O) groups is 1. The van der Waals surface area contributed by atoms with Crippen LogP contribution in [0, 0.1) is 11.6 Å². The third-order valence-corrected chi connectivity index (χ3v) is 3.73. The molecule has 4 nitrogen and oxygen atoms in total. The summed E-state index contributed by atoms with van der Waals surface area (Å²) in [6.45, 7) is 6.34. The van der Waals surface area contributed by atoms with Crippen LogP contribution in [0.5, 0.6) is 0 Å². The minimum absolute atomic E-state index is 0.141. The maximum Gasteiger partial charge on any atom is 0.410 e. The van der Waals surface area contributed by atoms with Crippen molar-refractivity contribution in [3.63, 3.8) is 0 Å². The maximum atomic E-state index is 13.7. The Morgan fingerprint density at radius 1 is 1.30 bits per heavy atom. The van der Waals surface area contributed by atoms with Crippen LogP contribution in [0.25, 0.3) is 0 Å². The third kappa shape index (κ3) is 4.81. The molecular formula is C17H24F2N2O2. The lowest BCUT2D eigenvalue weighted by molar-refractivity contribution is 0.0114. The smallest absolute Gasteiger partial charge is 0.410 e. The molecule has 0 aromatic heterocycles. The molecule has 128 valence electrons. The summed E-state index contributed by atoms with van der Waals surface area (Å²) in [5.41, 5.74) is -0.716. The van der Waals surface area contributed by atoms with Gasteiger partial charge >= 0.3 is 6.09 Å². The number of nitrogens with zero attached hydrogens (tertiary/aromatic N) is 1. The third-order valence-electron chi connectivity index (χ3n) is 3.73. The molecule has 1 aromatic rings. The highest BCUT2D eigenvalue weighted by atomic mass is 19.1. The Bertz CT molecular complexity index is 538. The van der Waals surface area contributed by atoms with Crippen LogP contribution in [0.1, 0.15) is 40.0 Å². The first-order valence-corrected chi connectivity index (χ1v) is 7.95. The number of carbonyl (C=O) groups excluding carboxylic acids is 1. The van der Waals surface area contributed by atoms with Crippen molar-refractivity contribution in [1.29, 1.82) is 0 Å². The highest BCUT2D eigenvalue weighted by Gasteiger charge is 2.30. The second kappa shape index (κ2) is 7.15. The maximum absolute atomic E-state index is 13.7. The number of halogens is 2. The van der Waals surface area contributed by atoms with E-state index in [9.17, 15) is 13.6 Å². The van der Waals surface area contributed by atoms with E-state index in [1.54, 1.807) is 4.90 Å². The Morgan fingerprint density at radius 3 is 2.57 bits per heavy atom. The van der Waals surface area contributed by atoms with Gasteiger partial charge in [0.15, 0.2) is 0 Å². The minimum Gasteiger partial charge on any atom is -0.444 e. The molecule has 1 fully saturated rings. The summed E-state index contributed by atoms with van der Waals surface area (Å²) in [4.78, 5) is 14.0. The first kappa shape index (κ1) is 17.5. The molecule has 1 amide bonds. The zero-order valence-corrected chi connectivity index (χ0v) is 13.9. The van der Waals surface area contributed by atoms with Crippen molar-refractivity contribution in [2.75, 3.05) is 18.4 Å². The van der Waals surface area contributed by atoms with E-state index in [-0.39, 0.29) is 24.4 Å². The van der Waals surface area contributed by atoms with Gasteiger partial charge < -0.3 is 15.0 Å². The van der Waals surface area contributed by atoms with Crippen molar-refractivity contribution in [3.8, 4) is 0 Å². The number of piperidine rings is 1. The molecule has 6 heteroatoms. The first-order chi connectivity index (χ1) is 10.8. The molecule has 0 aliphatic carbocycles. The van der Waals surface area contributed by atoms with Gasteiger partial charge in [0.05, 0.1) is 6.04 Å². The van der Waals surface area contributed by atoms with Crippen LogP contribution < -0.4 is 5.32 Å². The van der Waals surface area contributed by atoms with E-state index in [1.807, 2.05) is 20.8 Å². The van der Waals surface area contributed by atoms with Gasteiger partial charge in [0.1, 0.15) is 22.9 Å². The SMILES string of the molecule is CC(C)(C)OC(=O)N1CCCCC1CNc1c(F)cccc1F. The van der Waals surface area contributed by atoms with Crippen LogP contribution >= 0.6 is 0 Å². The van der Waals surface area contributed by atoms with Crippen LogP contribution in [-0.4, -0.2) is 35.7 Å². The molecule has 1 aliphatic rings. The molecule has 1 aliphatic heterocycles. The first-order valence-electron chi connectivity index (χ1n) is 7.95. The number of likely N-dealkylation sites (tertiary alicyclic amines) is 1. The second-order valence-corrected chi connectivity index (χ2v) is 6.80. The fourth-order valence-electron chi connectivity index (χ4n) is 2.66. The zero-order chi connectivity index (χ0) is 17.0. The monoisotopic (exact) mass is 326 g/mol. The number of amides is 1. The van der Waals surface area contributed by atoms with E-state index in [4.69, 9.17) is 4.74 Å². The normalized spacial score (nSPS) is 18.7. The number of hydrogen-bond acceptors (Lipinski definition) is 3. The van der Waals surface area contributed by atoms with Crippen LogP contribution in [0.2, 0.25) is 0 Å². The molecule has 1 aromatic carbocycles. The van der Waals surface area contributed by atoms with E-state index >= 15 is 0 Å². The summed E-state index contributed by atoms with van der Waals surface area (Å²) < 4.78 is 32.8. The zero-order valence-electron chi connectivity index (χ0n) is 13.9. The van der Waals surface area contributed by atoms with E-state index in [1.165, 1.54) is 18.2 Å². The highest BCUT2D eigenvalue weighted by Crippen LogP contribution is 2.23. The molecule has 1 N–H and O–H groups in total. The molecule has 1 heterocycles. The van der Waals surface area contributed by atoms with Crippen molar-refractivity contribution in [3.05, 3.63) is 29.8 Å². The van der Waals surface area contributed by atoms with Gasteiger partial charge in [0.2, 0.25) is 0 Å². The molecule has 0 radical (unpaired) electrons. The lowest BCUT2D eigenvalue weighted by Crippen LogP contribution is -2.49. The van der Waals surface area contributed by atoms with E-state index in [0.29, 0.717) is 6.54 Å². The van der Waals surface area contributed by atoms with Crippen molar-refractivity contribution in [1.82, 2.24) is 4.90 Å². The van der Waals surface area contributed by atoms with E-state index in [0.717, 1.165) is 19.3 Å². The van der Waals surface area contributed by atoms with Crippen molar-refractivity contribution < 1.29 is 18.3 Å². The van der Waals surface area contributed by atoms with Crippen LogP contribution in [0.4, 0.5) is 19.3 Å². The van der Waals surface area contributed by atoms with E-state index in [2.05, 4.69) is 5.32 Å². The van der Waals surface area contributed by atoms with Crippen LogP contribution in [0.3, 0.4) is 0 Å². The van der Waals surface area contributed by atoms with Crippen LogP contribution in [-0.2, 0) is 4.74 Å². The number of rotatable bonds is 3. The summed E-state index contributed by atoms with van der Waals surface area (Å²) in [5, 5.41) is 2.80. The molecular weight excluding hydrogens is 302 g/mol. The van der Waals surface area contributed by atoms with Gasteiger partial charge in [-0.3, -0.25) is 0 Å². The fourth-order valence-corrected chi connectivity index (χ4v) is 2.66. The molecule has 0 saturated carbocycles. The summed E-state index contributed by atoms with van der Waals surface area (Å²) in [6.07, 6.45) is 2.29. The average Bonchev–Trinajstić information content (AvgIpc) is 2.45. The number of para-hydroxylation sites is 1. The Kier molecular flexibility index (Phi) is 5.44. The summed E-state index contributed by atoms with van der Waals surface area (Å²) in [6, 6.07) is 3.59. The molecule has 1 atom stereocenters. The Hall–Kier alpha value is -1.85. The number of benzene rings is 1.